The molecule has 0 bridgehead atoms. The lowest BCUT2D eigenvalue weighted by atomic mass is 10.1. The molecule has 12 heteroatoms. The number of H-pyrrole nitrogens is 1. The summed E-state index contributed by atoms with van der Waals surface area (Å²) in [6.07, 6.45) is 5.59. The van der Waals surface area contributed by atoms with E-state index in [2.05, 4.69) is 20.9 Å². The third kappa shape index (κ3) is 3.76. The Balaban J connectivity index is 2.40. The topological polar surface area (TPSA) is 177 Å². The van der Waals surface area contributed by atoms with Crippen LogP contribution in [0, 0.1) is 12.3 Å². The summed E-state index contributed by atoms with van der Waals surface area (Å²) in [7, 11) is -4.49. The van der Waals surface area contributed by atoms with E-state index in [1.807, 2.05) is 0 Å². The Morgan fingerprint density at radius 1 is 1.57 bits per heavy atom. The van der Waals surface area contributed by atoms with Gasteiger partial charge in [-0.1, -0.05) is 5.92 Å². The molecule has 2 aromatic rings. The zero-order chi connectivity index (χ0) is 17.3. The molecule has 0 unspecified atom stereocenters. The second-order valence-corrected chi connectivity index (χ2v) is 6.32. The number of imidazole rings is 1. The number of aliphatic hydroxyl groups is 1. The standard InChI is InChI=1S/C11H14N5O6P/c1-2-11(4-17,22-6-23(19,20)21)3-16-5-13-7-8(16)14-10(12)15-9(7)18/h1,5,17H,3-4,6H2,(H2,19,20,21)(H3,12,14,15,18)/t11-/m1/s1. The van der Waals surface area contributed by atoms with E-state index >= 15 is 0 Å². The Morgan fingerprint density at radius 2 is 2.26 bits per heavy atom. The molecule has 0 aromatic carbocycles. The number of nitrogens with one attached hydrogen (secondary N) is 1. The minimum atomic E-state index is -4.49. The van der Waals surface area contributed by atoms with E-state index in [1.54, 1.807) is 0 Å². The summed E-state index contributed by atoms with van der Waals surface area (Å²) in [5.41, 5.74) is 3.27. The Morgan fingerprint density at radius 3 is 2.83 bits per heavy atom. The van der Waals surface area contributed by atoms with Gasteiger partial charge in [-0.05, 0) is 0 Å². The SMILES string of the molecule is C#C[C@](CO)(Cn1cnc2c(=O)[nH]c(N)nc21)OCP(=O)(O)O. The molecule has 124 valence electrons. The largest absolute Gasteiger partial charge is 0.392 e. The highest BCUT2D eigenvalue weighted by molar-refractivity contribution is 7.51. The van der Waals surface area contributed by atoms with Gasteiger partial charge in [-0.25, -0.2) is 4.98 Å². The molecule has 6 N–H and O–H groups in total. The molecule has 0 aliphatic rings. The van der Waals surface area contributed by atoms with Gasteiger partial charge in [0.25, 0.3) is 5.56 Å². The highest BCUT2D eigenvalue weighted by Crippen LogP contribution is 2.36. The number of nitrogen functional groups attached to an aromatic ring is 1. The summed E-state index contributed by atoms with van der Waals surface area (Å²) in [5, 5.41) is 9.49. The third-order valence-electron chi connectivity index (χ3n) is 2.95. The number of nitrogens with zero attached hydrogens (tertiary/aromatic N) is 3. The van der Waals surface area contributed by atoms with Crippen molar-refractivity contribution in [1.29, 1.82) is 0 Å². The minimum absolute atomic E-state index is 0.00181. The van der Waals surface area contributed by atoms with Crippen LogP contribution in [0.5, 0.6) is 0 Å². The molecular formula is C11H14N5O6P. The smallest absolute Gasteiger partial charge is 0.351 e. The van der Waals surface area contributed by atoms with E-state index in [0.717, 1.165) is 0 Å². The molecule has 11 nitrogen and oxygen atoms in total. The highest BCUT2D eigenvalue weighted by atomic mass is 31.2. The molecule has 0 saturated carbocycles. The van der Waals surface area contributed by atoms with Crippen LogP contribution in [0.15, 0.2) is 11.1 Å². The first-order valence-corrected chi connectivity index (χ1v) is 7.97. The third-order valence-corrected chi connectivity index (χ3v) is 3.41. The lowest BCUT2D eigenvalue weighted by molar-refractivity contribution is -0.0327. The number of aromatic amines is 1. The number of aromatic nitrogens is 4. The maximum Gasteiger partial charge on any atom is 0.351 e. The average molecular weight is 343 g/mol. The minimum Gasteiger partial charge on any atom is -0.392 e. The number of ether oxygens (including phenoxy) is 1. The molecule has 0 amide bonds. The molecule has 0 saturated heterocycles. The van der Waals surface area contributed by atoms with Crippen molar-refractivity contribution in [3.8, 4) is 12.3 Å². The zero-order valence-electron chi connectivity index (χ0n) is 11.7. The average Bonchev–Trinajstić information content (AvgIpc) is 2.86. The van der Waals surface area contributed by atoms with E-state index in [4.69, 9.17) is 26.7 Å². The number of nitrogens with two attached hydrogens (primary N) is 1. The van der Waals surface area contributed by atoms with Crippen molar-refractivity contribution in [3.05, 3.63) is 16.7 Å². The van der Waals surface area contributed by atoms with Crippen molar-refractivity contribution in [3.63, 3.8) is 0 Å². The van der Waals surface area contributed by atoms with Crippen LogP contribution in [0.1, 0.15) is 0 Å². The zero-order valence-corrected chi connectivity index (χ0v) is 12.6. The molecule has 0 radical (unpaired) electrons. The quantitative estimate of drug-likeness (QED) is 0.299. The highest BCUT2D eigenvalue weighted by Gasteiger charge is 2.32. The first-order valence-electron chi connectivity index (χ1n) is 6.17. The number of rotatable bonds is 6. The van der Waals surface area contributed by atoms with Crippen molar-refractivity contribution in [2.24, 2.45) is 0 Å². The van der Waals surface area contributed by atoms with Gasteiger partial charge in [-0.15, -0.1) is 6.42 Å². The first kappa shape index (κ1) is 17.1. The van der Waals surface area contributed by atoms with Gasteiger partial charge in [0.15, 0.2) is 23.1 Å². The van der Waals surface area contributed by atoms with Crippen LogP contribution in [-0.2, 0) is 15.8 Å². The number of anilines is 1. The molecule has 0 aliphatic heterocycles. The van der Waals surface area contributed by atoms with Crippen molar-refractivity contribution in [2.75, 3.05) is 18.7 Å². The van der Waals surface area contributed by atoms with E-state index < -0.39 is 31.7 Å². The van der Waals surface area contributed by atoms with Gasteiger partial charge < -0.3 is 29.9 Å². The Kier molecular flexibility index (Phi) is 4.56. The fourth-order valence-electron chi connectivity index (χ4n) is 1.84. The van der Waals surface area contributed by atoms with Crippen molar-refractivity contribution < 1.29 is 24.2 Å². The summed E-state index contributed by atoms with van der Waals surface area (Å²) in [6, 6.07) is 0. The van der Waals surface area contributed by atoms with Crippen LogP contribution >= 0.6 is 7.60 Å². The molecule has 2 heterocycles. The lowest BCUT2D eigenvalue weighted by Gasteiger charge is -2.27. The summed E-state index contributed by atoms with van der Waals surface area (Å²) >= 11 is 0. The molecule has 2 rings (SSSR count). The van der Waals surface area contributed by atoms with Crippen LogP contribution in [0.2, 0.25) is 0 Å². The summed E-state index contributed by atoms with van der Waals surface area (Å²) in [4.78, 5) is 39.5. The van der Waals surface area contributed by atoms with Crippen LogP contribution in [0.3, 0.4) is 0 Å². The van der Waals surface area contributed by atoms with Gasteiger partial charge in [-0.2, -0.15) is 4.98 Å². The fourth-order valence-corrected chi connectivity index (χ4v) is 2.26. The van der Waals surface area contributed by atoms with Gasteiger partial charge >= 0.3 is 7.60 Å². The van der Waals surface area contributed by atoms with Crippen LogP contribution < -0.4 is 11.3 Å². The van der Waals surface area contributed by atoms with Crippen LogP contribution in [0.4, 0.5) is 5.95 Å². The second kappa shape index (κ2) is 6.11. The molecule has 0 spiro atoms. The van der Waals surface area contributed by atoms with Crippen molar-refractivity contribution in [1.82, 2.24) is 19.5 Å². The summed E-state index contributed by atoms with van der Waals surface area (Å²) in [6.45, 7) is -0.964. The number of terminal acetylenes is 1. The molecular weight excluding hydrogens is 329 g/mol. The predicted octanol–water partition coefficient (Wildman–Crippen LogP) is -1.78. The van der Waals surface area contributed by atoms with Crippen LogP contribution in [-0.4, -0.2) is 53.0 Å². The van der Waals surface area contributed by atoms with Crippen LogP contribution in [0.25, 0.3) is 11.2 Å². The fraction of sp³-hybridized carbons (Fsp3) is 0.364. The van der Waals surface area contributed by atoms with Crippen molar-refractivity contribution >= 4 is 24.7 Å². The van der Waals surface area contributed by atoms with Crippen molar-refractivity contribution in [2.45, 2.75) is 12.1 Å². The number of aliphatic hydroxyl groups excluding tert-OH is 1. The van der Waals surface area contributed by atoms with Gasteiger partial charge in [0.2, 0.25) is 5.95 Å². The second-order valence-electron chi connectivity index (χ2n) is 4.73. The number of hydrogen-bond donors (Lipinski definition) is 5. The number of fused-ring (bicyclic) bond motifs is 1. The number of hydrogen-bond acceptors (Lipinski definition) is 7. The maximum atomic E-state index is 11.7. The predicted molar refractivity (Wildman–Crippen MR) is 79.2 cm³/mol. The van der Waals surface area contributed by atoms with E-state index in [0.29, 0.717) is 0 Å². The van der Waals surface area contributed by atoms with Gasteiger partial charge in [0, 0.05) is 0 Å². The maximum absolute atomic E-state index is 11.7. The first-order chi connectivity index (χ1) is 10.7. The molecule has 0 aliphatic carbocycles. The lowest BCUT2D eigenvalue weighted by Crippen LogP contribution is -2.40. The monoisotopic (exact) mass is 343 g/mol. The normalized spacial score (nSPS) is 14.5. The Bertz CT molecular complexity index is 864. The van der Waals surface area contributed by atoms with Gasteiger partial charge in [-0.3, -0.25) is 14.3 Å². The van der Waals surface area contributed by atoms with Gasteiger partial charge in [0.05, 0.1) is 19.5 Å². The Hall–Kier alpha value is -2.22. The van der Waals surface area contributed by atoms with E-state index in [-0.39, 0.29) is 23.7 Å². The molecule has 1 atom stereocenters. The molecule has 2 aromatic heterocycles. The summed E-state index contributed by atoms with van der Waals surface area (Å²) in [5.74, 6) is 2.02. The van der Waals surface area contributed by atoms with E-state index in [9.17, 15) is 14.5 Å². The molecule has 0 fully saturated rings. The summed E-state index contributed by atoms with van der Waals surface area (Å²) < 4.78 is 17.3. The van der Waals surface area contributed by atoms with Gasteiger partial charge in [0.1, 0.15) is 0 Å². The molecule has 23 heavy (non-hydrogen) atoms. The Labute approximate surface area is 129 Å². The van der Waals surface area contributed by atoms with E-state index in [1.165, 1.54) is 10.9 Å².